The summed E-state index contributed by atoms with van der Waals surface area (Å²) in [6.45, 7) is 2.13. The lowest BCUT2D eigenvalue weighted by Crippen LogP contribution is -2.36. The van der Waals surface area contributed by atoms with Crippen LogP contribution in [-0.2, 0) is 17.8 Å². The highest BCUT2D eigenvalue weighted by Gasteiger charge is 2.21. The zero-order chi connectivity index (χ0) is 12.3. The molecule has 1 heterocycles. The van der Waals surface area contributed by atoms with Gasteiger partial charge in [-0.3, -0.25) is 4.79 Å². The molecule has 4 heteroatoms. The van der Waals surface area contributed by atoms with Gasteiger partial charge in [-0.25, -0.2) is 0 Å². The smallest absolute Gasteiger partial charge is 0.222 e. The van der Waals surface area contributed by atoms with E-state index >= 15 is 0 Å². The first-order valence-electron chi connectivity index (χ1n) is 5.96. The number of fused-ring (bicyclic) bond motifs is 1. The van der Waals surface area contributed by atoms with E-state index in [9.17, 15) is 4.79 Å². The Hall–Kier alpha value is -0.870. The molecular weight excluding hydrogens is 280 g/mol. The fraction of sp³-hybridized carbons (Fsp3) is 0.462. The first kappa shape index (κ1) is 12.6. The average Bonchev–Trinajstić information content (AvgIpc) is 2.36. The third-order valence-electron chi connectivity index (χ3n) is 3.16. The molecule has 0 atom stereocenters. The van der Waals surface area contributed by atoms with E-state index < -0.39 is 0 Å². The maximum absolute atomic E-state index is 11.9. The van der Waals surface area contributed by atoms with Gasteiger partial charge in [0, 0.05) is 24.0 Å². The van der Waals surface area contributed by atoms with Gasteiger partial charge in [0.15, 0.2) is 0 Å². The maximum Gasteiger partial charge on any atom is 0.222 e. The topological polar surface area (TPSA) is 46.3 Å². The van der Waals surface area contributed by atoms with Crippen LogP contribution in [0, 0.1) is 0 Å². The summed E-state index contributed by atoms with van der Waals surface area (Å²) in [5.41, 5.74) is 8.03. The number of nitrogens with two attached hydrogens (primary N) is 1. The van der Waals surface area contributed by atoms with Crippen molar-refractivity contribution >= 4 is 21.8 Å². The summed E-state index contributed by atoms with van der Waals surface area (Å²) in [4.78, 5) is 13.9. The van der Waals surface area contributed by atoms with Crippen LogP contribution in [0.3, 0.4) is 0 Å². The number of nitrogens with zero attached hydrogens (tertiary/aromatic N) is 1. The highest BCUT2D eigenvalue weighted by atomic mass is 79.9. The molecule has 0 aliphatic carbocycles. The van der Waals surface area contributed by atoms with E-state index in [0.717, 1.165) is 30.4 Å². The van der Waals surface area contributed by atoms with Crippen LogP contribution in [0.1, 0.15) is 24.0 Å². The number of hydrogen-bond donors (Lipinski definition) is 1. The second kappa shape index (κ2) is 5.65. The predicted octanol–water partition coefficient (Wildman–Crippen LogP) is 2.07. The highest BCUT2D eigenvalue weighted by molar-refractivity contribution is 9.10. The van der Waals surface area contributed by atoms with Crippen molar-refractivity contribution in [2.24, 2.45) is 5.73 Å². The van der Waals surface area contributed by atoms with E-state index in [1.54, 1.807) is 0 Å². The van der Waals surface area contributed by atoms with Crippen LogP contribution in [0.25, 0.3) is 0 Å². The number of hydrogen-bond acceptors (Lipinski definition) is 2. The standard InChI is InChI=1S/C13H17BrN2O/c14-12-4-1-3-10-6-8-16(9-11(10)12)13(17)5-2-7-15/h1,3-4H,2,5-9,15H2. The normalized spacial score (nSPS) is 14.6. The third kappa shape index (κ3) is 2.87. The second-order valence-corrected chi connectivity index (χ2v) is 5.19. The number of rotatable bonds is 3. The minimum atomic E-state index is 0.219. The molecule has 1 aliphatic rings. The largest absolute Gasteiger partial charge is 0.338 e. The van der Waals surface area contributed by atoms with Gasteiger partial charge in [-0.05, 0) is 36.6 Å². The van der Waals surface area contributed by atoms with E-state index in [1.807, 2.05) is 11.0 Å². The van der Waals surface area contributed by atoms with Gasteiger partial charge in [-0.15, -0.1) is 0 Å². The van der Waals surface area contributed by atoms with Crippen molar-refractivity contribution in [2.45, 2.75) is 25.8 Å². The second-order valence-electron chi connectivity index (χ2n) is 4.34. The number of carbonyl (C=O) groups excluding carboxylic acids is 1. The molecule has 0 radical (unpaired) electrons. The van der Waals surface area contributed by atoms with Gasteiger partial charge in [-0.2, -0.15) is 0 Å². The Morgan fingerprint density at radius 2 is 2.29 bits per heavy atom. The lowest BCUT2D eigenvalue weighted by molar-refractivity contribution is -0.132. The molecule has 1 aliphatic heterocycles. The Balaban J connectivity index is 2.07. The molecule has 92 valence electrons. The van der Waals surface area contributed by atoms with Crippen molar-refractivity contribution < 1.29 is 4.79 Å². The Morgan fingerprint density at radius 1 is 1.47 bits per heavy atom. The molecule has 1 aromatic rings. The zero-order valence-corrected chi connectivity index (χ0v) is 11.4. The summed E-state index contributed by atoms with van der Waals surface area (Å²) in [6, 6.07) is 6.23. The summed E-state index contributed by atoms with van der Waals surface area (Å²) in [6.07, 6.45) is 2.29. The van der Waals surface area contributed by atoms with E-state index in [0.29, 0.717) is 13.0 Å². The molecule has 2 N–H and O–H groups in total. The lowest BCUT2D eigenvalue weighted by atomic mass is 9.99. The van der Waals surface area contributed by atoms with Crippen LogP contribution in [-0.4, -0.2) is 23.9 Å². The van der Waals surface area contributed by atoms with Crippen LogP contribution in [0.2, 0.25) is 0 Å². The molecule has 0 fully saturated rings. The maximum atomic E-state index is 11.9. The number of halogens is 1. The highest BCUT2D eigenvalue weighted by Crippen LogP contribution is 2.26. The molecule has 0 spiro atoms. The minimum Gasteiger partial charge on any atom is -0.338 e. The molecule has 0 saturated carbocycles. The van der Waals surface area contributed by atoms with Gasteiger partial charge in [0.05, 0.1) is 0 Å². The number of benzene rings is 1. The molecular formula is C13H17BrN2O. The molecule has 0 aromatic heterocycles. The fourth-order valence-corrected chi connectivity index (χ4v) is 2.70. The van der Waals surface area contributed by atoms with Crippen molar-refractivity contribution in [3.05, 3.63) is 33.8 Å². The molecule has 1 aromatic carbocycles. The molecule has 17 heavy (non-hydrogen) atoms. The van der Waals surface area contributed by atoms with Crippen LogP contribution in [0.5, 0.6) is 0 Å². The Kier molecular flexibility index (Phi) is 4.18. The van der Waals surface area contributed by atoms with Crippen LogP contribution in [0.4, 0.5) is 0 Å². The van der Waals surface area contributed by atoms with Crippen molar-refractivity contribution in [2.75, 3.05) is 13.1 Å². The summed E-state index contributed by atoms with van der Waals surface area (Å²) in [5, 5.41) is 0. The van der Waals surface area contributed by atoms with E-state index in [2.05, 4.69) is 28.1 Å². The van der Waals surface area contributed by atoms with Crippen LogP contribution in [0.15, 0.2) is 22.7 Å². The van der Waals surface area contributed by atoms with Gasteiger partial charge in [0.25, 0.3) is 0 Å². The van der Waals surface area contributed by atoms with Crippen LogP contribution < -0.4 is 5.73 Å². The first-order valence-corrected chi connectivity index (χ1v) is 6.76. The van der Waals surface area contributed by atoms with Gasteiger partial charge in [0.1, 0.15) is 0 Å². The first-order chi connectivity index (χ1) is 8.22. The average molecular weight is 297 g/mol. The Bertz CT molecular complexity index is 420. The molecule has 2 rings (SSSR count). The molecule has 0 unspecified atom stereocenters. The van der Waals surface area contributed by atoms with Gasteiger partial charge >= 0.3 is 0 Å². The number of carbonyl (C=O) groups is 1. The minimum absolute atomic E-state index is 0.219. The monoisotopic (exact) mass is 296 g/mol. The van der Waals surface area contributed by atoms with Crippen molar-refractivity contribution in [3.63, 3.8) is 0 Å². The van der Waals surface area contributed by atoms with Gasteiger partial charge < -0.3 is 10.6 Å². The van der Waals surface area contributed by atoms with Gasteiger partial charge in [-0.1, -0.05) is 28.1 Å². The van der Waals surface area contributed by atoms with Crippen molar-refractivity contribution in [1.82, 2.24) is 4.90 Å². The van der Waals surface area contributed by atoms with Crippen molar-refractivity contribution in [3.8, 4) is 0 Å². The SMILES string of the molecule is NCCCC(=O)N1CCc2cccc(Br)c2C1. The fourth-order valence-electron chi connectivity index (χ4n) is 2.16. The lowest BCUT2D eigenvalue weighted by Gasteiger charge is -2.29. The Morgan fingerprint density at radius 3 is 3.06 bits per heavy atom. The van der Waals surface area contributed by atoms with Crippen LogP contribution >= 0.6 is 15.9 Å². The number of amides is 1. The predicted molar refractivity (Wildman–Crippen MR) is 71.6 cm³/mol. The molecule has 0 saturated heterocycles. The van der Waals surface area contributed by atoms with Gasteiger partial charge in [0.2, 0.25) is 5.91 Å². The summed E-state index contributed by atoms with van der Waals surface area (Å²) in [7, 11) is 0. The molecule has 3 nitrogen and oxygen atoms in total. The zero-order valence-electron chi connectivity index (χ0n) is 9.79. The van der Waals surface area contributed by atoms with E-state index in [-0.39, 0.29) is 5.91 Å². The molecule has 0 bridgehead atoms. The van der Waals surface area contributed by atoms with E-state index in [4.69, 9.17) is 5.73 Å². The summed E-state index contributed by atoms with van der Waals surface area (Å²) in [5.74, 6) is 0.219. The quantitative estimate of drug-likeness (QED) is 0.928. The Labute approximate surface area is 110 Å². The van der Waals surface area contributed by atoms with E-state index in [1.165, 1.54) is 11.1 Å². The summed E-state index contributed by atoms with van der Waals surface area (Å²) >= 11 is 3.55. The van der Waals surface area contributed by atoms with Crippen molar-refractivity contribution in [1.29, 1.82) is 0 Å². The molecule has 1 amide bonds. The third-order valence-corrected chi connectivity index (χ3v) is 3.91. The summed E-state index contributed by atoms with van der Waals surface area (Å²) < 4.78 is 1.10.